The molecule has 0 unspecified atom stereocenters. The quantitative estimate of drug-likeness (QED) is 0.883. The molecule has 1 fully saturated rings. The van der Waals surface area contributed by atoms with Gasteiger partial charge in [-0.05, 0) is 12.1 Å². The Labute approximate surface area is 145 Å². The molecule has 0 radical (unpaired) electrons. The lowest BCUT2D eigenvalue weighted by Crippen LogP contribution is -2.49. The Hall–Kier alpha value is -2.74. The molecule has 1 aromatic heterocycles. The second-order valence-corrected chi connectivity index (χ2v) is 5.69. The fourth-order valence-electron chi connectivity index (χ4n) is 2.66. The Morgan fingerprint density at radius 3 is 2.72 bits per heavy atom. The summed E-state index contributed by atoms with van der Waals surface area (Å²) in [7, 11) is 1.57. The molecule has 25 heavy (non-hydrogen) atoms. The van der Waals surface area contributed by atoms with Gasteiger partial charge in [-0.1, -0.05) is 12.1 Å². The van der Waals surface area contributed by atoms with Gasteiger partial charge in [0, 0.05) is 38.4 Å². The first-order valence-corrected chi connectivity index (χ1v) is 8.04. The number of para-hydroxylation sites is 1. The summed E-state index contributed by atoms with van der Waals surface area (Å²) in [6.07, 6.45) is 1.66. The third-order valence-electron chi connectivity index (χ3n) is 4.00. The smallest absolute Gasteiger partial charge is 0.238 e. The Kier molecular flexibility index (Phi) is 5.39. The van der Waals surface area contributed by atoms with Gasteiger partial charge in [-0.25, -0.2) is 9.37 Å². The predicted molar refractivity (Wildman–Crippen MR) is 92.3 cm³/mol. The molecule has 8 heteroatoms. The number of rotatable bonds is 5. The second kappa shape index (κ2) is 7.89. The van der Waals surface area contributed by atoms with Crippen LogP contribution in [0.15, 0.2) is 36.5 Å². The first-order valence-electron chi connectivity index (χ1n) is 8.04. The van der Waals surface area contributed by atoms with Crippen molar-refractivity contribution in [2.24, 2.45) is 0 Å². The van der Waals surface area contributed by atoms with E-state index in [9.17, 15) is 9.18 Å². The van der Waals surface area contributed by atoms with Crippen molar-refractivity contribution in [3.8, 4) is 5.88 Å². The highest BCUT2D eigenvalue weighted by Crippen LogP contribution is 2.15. The van der Waals surface area contributed by atoms with Crippen molar-refractivity contribution in [2.45, 2.75) is 0 Å². The normalized spacial score (nSPS) is 15.0. The lowest BCUT2D eigenvalue weighted by Gasteiger charge is -2.34. The van der Waals surface area contributed by atoms with E-state index in [-0.39, 0.29) is 18.1 Å². The number of amides is 1. The minimum atomic E-state index is -0.434. The zero-order valence-electron chi connectivity index (χ0n) is 14.0. The molecule has 1 aliphatic heterocycles. The number of piperazine rings is 1. The van der Waals surface area contributed by atoms with Gasteiger partial charge in [0.1, 0.15) is 5.82 Å². The van der Waals surface area contributed by atoms with Crippen molar-refractivity contribution >= 4 is 17.5 Å². The van der Waals surface area contributed by atoms with Gasteiger partial charge in [-0.15, -0.1) is 0 Å². The summed E-state index contributed by atoms with van der Waals surface area (Å²) in [6.45, 7) is 3.04. The average molecular weight is 345 g/mol. The number of carbonyl (C=O) groups excluding carboxylic acids is 1. The van der Waals surface area contributed by atoms with E-state index in [0.717, 1.165) is 0 Å². The van der Waals surface area contributed by atoms with E-state index in [0.29, 0.717) is 38.0 Å². The maximum atomic E-state index is 13.6. The number of anilines is 2. The fourth-order valence-corrected chi connectivity index (χ4v) is 2.66. The zero-order chi connectivity index (χ0) is 17.6. The molecule has 0 atom stereocenters. The molecule has 132 valence electrons. The third-order valence-corrected chi connectivity index (χ3v) is 4.00. The Bertz CT molecular complexity index is 734. The van der Waals surface area contributed by atoms with Gasteiger partial charge in [-0.3, -0.25) is 9.69 Å². The van der Waals surface area contributed by atoms with Gasteiger partial charge in [-0.2, -0.15) is 4.98 Å². The van der Waals surface area contributed by atoms with E-state index < -0.39 is 5.82 Å². The van der Waals surface area contributed by atoms with Crippen molar-refractivity contribution in [1.29, 1.82) is 0 Å². The van der Waals surface area contributed by atoms with Crippen molar-refractivity contribution in [2.75, 3.05) is 50.1 Å². The average Bonchev–Trinajstić information content (AvgIpc) is 2.64. The minimum Gasteiger partial charge on any atom is -0.481 e. The maximum absolute atomic E-state index is 13.6. The molecule has 1 amide bonds. The van der Waals surface area contributed by atoms with Crippen LogP contribution in [0.4, 0.5) is 16.0 Å². The molecule has 1 aliphatic rings. The Balaban J connectivity index is 1.50. The van der Waals surface area contributed by atoms with Crippen LogP contribution in [0.1, 0.15) is 0 Å². The Morgan fingerprint density at radius 2 is 2.00 bits per heavy atom. The SMILES string of the molecule is COc1ccnc(N2CCN(CC(=O)Nc3ccccc3F)CC2)n1. The second-order valence-electron chi connectivity index (χ2n) is 5.69. The van der Waals surface area contributed by atoms with Crippen LogP contribution in [-0.2, 0) is 4.79 Å². The molecule has 0 bridgehead atoms. The maximum Gasteiger partial charge on any atom is 0.238 e. The molecular weight excluding hydrogens is 325 g/mol. The van der Waals surface area contributed by atoms with Crippen LogP contribution >= 0.6 is 0 Å². The molecule has 1 saturated heterocycles. The van der Waals surface area contributed by atoms with E-state index >= 15 is 0 Å². The van der Waals surface area contributed by atoms with Crippen molar-refractivity contribution in [3.63, 3.8) is 0 Å². The number of ether oxygens (including phenoxy) is 1. The highest BCUT2D eigenvalue weighted by atomic mass is 19.1. The van der Waals surface area contributed by atoms with Gasteiger partial charge in [0.15, 0.2) is 0 Å². The van der Waals surface area contributed by atoms with Crippen LogP contribution in [0.3, 0.4) is 0 Å². The van der Waals surface area contributed by atoms with Crippen LogP contribution in [0.2, 0.25) is 0 Å². The van der Waals surface area contributed by atoms with Gasteiger partial charge < -0.3 is 15.0 Å². The van der Waals surface area contributed by atoms with Crippen molar-refractivity contribution in [1.82, 2.24) is 14.9 Å². The Morgan fingerprint density at radius 1 is 1.24 bits per heavy atom. The number of halogens is 1. The van der Waals surface area contributed by atoms with E-state index in [1.807, 2.05) is 9.80 Å². The van der Waals surface area contributed by atoms with Gasteiger partial charge in [0.25, 0.3) is 0 Å². The number of hydrogen-bond acceptors (Lipinski definition) is 6. The van der Waals surface area contributed by atoms with E-state index in [1.165, 1.54) is 6.07 Å². The van der Waals surface area contributed by atoms with E-state index in [2.05, 4.69) is 15.3 Å². The molecule has 7 nitrogen and oxygen atoms in total. The van der Waals surface area contributed by atoms with Crippen LogP contribution in [-0.4, -0.2) is 60.6 Å². The van der Waals surface area contributed by atoms with Crippen LogP contribution < -0.4 is 15.0 Å². The topological polar surface area (TPSA) is 70.6 Å². The van der Waals surface area contributed by atoms with Crippen LogP contribution in [0, 0.1) is 5.82 Å². The summed E-state index contributed by atoms with van der Waals surface area (Å²) in [5.74, 6) is 0.485. The van der Waals surface area contributed by atoms with Crippen LogP contribution in [0.5, 0.6) is 5.88 Å². The molecule has 1 N–H and O–H groups in total. The number of carbonyl (C=O) groups is 1. The fraction of sp³-hybridized carbons (Fsp3) is 0.353. The summed E-state index contributed by atoms with van der Waals surface area (Å²) in [5.41, 5.74) is 0.205. The molecular formula is C17H20FN5O2. The summed E-state index contributed by atoms with van der Waals surface area (Å²) < 4.78 is 18.7. The largest absolute Gasteiger partial charge is 0.481 e. The first kappa shape index (κ1) is 17.1. The standard InChI is InChI=1S/C17H20FN5O2/c1-25-16-6-7-19-17(21-16)23-10-8-22(9-11-23)12-15(24)20-14-5-3-2-4-13(14)18/h2-7H,8-12H2,1H3,(H,20,24). The molecule has 0 spiro atoms. The highest BCUT2D eigenvalue weighted by Gasteiger charge is 2.21. The van der Waals surface area contributed by atoms with Gasteiger partial charge >= 0.3 is 0 Å². The van der Waals surface area contributed by atoms with Gasteiger partial charge in [0.05, 0.1) is 19.3 Å². The van der Waals surface area contributed by atoms with Gasteiger partial charge in [0.2, 0.25) is 17.7 Å². The number of methoxy groups -OCH3 is 1. The third kappa shape index (κ3) is 4.42. The number of hydrogen-bond donors (Lipinski definition) is 1. The molecule has 3 rings (SSSR count). The number of nitrogens with zero attached hydrogens (tertiary/aromatic N) is 4. The molecule has 2 heterocycles. The van der Waals surface area contributed by atoms with Crippen LogP contribution in [0.25, 0.3) is 0 Å². The summed E-state index contributed by atoms with van der Waals surface area (Å²) in [4.78, 5) is 24.7. The predicted octanol–water partition coefficient (Wildman–Crippen LogP) is 1.38. The lowest BCUT2D eigenvalue weighted by atomic mass is 10.3. The number of aromatic nitrogens is 2. The number of benzene rings is 1. The number of nitrogens with one attached hydrogen (secondary N) is 1. The lowest BCUT2D eigenvalue weighted by molar-refractivity contribution is -0.117. The summed E-state index contributed by atoms with van der Waals surface area (Å²) in [5, 5.41) is 2.61. The zero-order valence-corrected chi connectivity index (χ0v) is 14.0. The minimum absolute atomic E-state index is 0.205. The van der Waals surface area contributed by atoms with E-state index in [4.69, 9.17) is 4.74 Å². The first-order chi connectivity index (χ1) is 12.2. The van der Waals surface area contributed by atoms with E-state index in [1.54, 1.807) is 37.6 Å². The molecule has 0 saturated carbocycles. The summed E-state index contributed by atoms with van der Waals surface area (Å²) >= 11 is 0. The molecule has 2 aromatic rings. The molecule has 0 aliphatic carbocycles. The van der Waals surface area contributed by atoms with Crippen molar-refractivity contribution in [3.05, 3.63) is 42.3 Å². The van der Waals surface area contributed by atoms with Crippen molar-refractivity contribution < 1.29 is 13.9 Å². The molecule has 1 aromatic carbocycles. The monoisotopic (exact) mass is 345 g/mol. The summed E-state index contributed by atoms with van der Waals surface area (Å²) in [6, 6.07) is 7.84. The highest BCUT2D eigenvalue weighted by molar-refractivity contribution is 5.92.